The lowest BCUT2D eigenvalue weighted by Crippen LogP contribution is -2.55. The average molecular weight is 1180 g/mol. The summed E-state index contributed by atoms with van der Waals surface area (Å²) in [6.45, 7) is 59.3. The van der Waals surface area contributed by atoms with Crippen molar-refractivity contribution in [3.8, 4) is 0 Å². The Morgan fingerprint density at radius 2 is 0.583 bits per heavy atom. The summed E-state index contributed by atoms with van der Waals surface area (Å²) in [5, 5.41) is 0. The maximum absolute atomic E-state index is 2.69. The molecular weight excluding hydrogens is 1030 g/mol. The van der Waals surface area contributed by atoms with E-state index < -0.39 is 0 Å². The molecule has 2 atom stereocenters. The fourth-order valence-corrected chi connectivity index (χ4v) is 18.2. The zero-order valence-electron chi connectivity index (χ0n) is 59.7. The molecule has 0 aliphatic carbocycles. The van der Waals surface area contributed by atoms with E-state index in [2.05, 4.69) is 191 Å². The van der Waals surface area contributed by atoms with Crippen LogP contribution in [0.1, 0.15) is 212 Å². The largest absolute Gasteiger partial charge is 0.306 e. The Balaban J connectivity index is 0.000000145. The fraction of sp³-hybridized carbons (Fsp3) is 1.00. The van der Waals surface area contributed by atoms with E-state index in [1.165, 1.54) is 266 Å². The number of likely N-dealkylation sites (N-methyl/N-ethyl adjacent to an activating group) is 2. The highest BCUT2D eigenvalue weighted by Crippen LogP contribution is 2.45. The van der Waals surface area contributed by atoms with Gasteiger partial charge in [-0.1, -0.05) is 0 Å². The highest BCUT2D eigenvalue weighted by molar-refractivity contribution is 5.09. The fourth-order valence-electron chi connectivity index (χ4n) is 18.2. The van der Waals surface area contributed by atoms with E-state index in [9.17, 15) is 0 Å². The van der Waals surface area contributed by atoms with Gasteiger partial charge < -0.3 is 39.2 Å². The van der Waals surface area contributed by atoms with Crippen LogP contribution in [0, 0.1) is 21.7 Å². The molecule has 0 amide bonds. The van der Waals surface area contributed by atoms with Crippen LogP contribution in [0.2, 0.25) is 0 Å². The normalized spacial score (nSPS) is 30.9. The topological polar surface area (TPSA) is 38.7 Å². The van der Waals surface area contributed by atoms with Gasteiger partial charge in [0.15, 0.2) is 0 Å². The van der Waals surface area contributed by atoms with Crippen molar-refractivity contribution in [3.63, 3.8) is 0 Å². The number of likely N-dealkylation sites (tertiary alicyclic amines) is 11. The van der Waals surface area contributed by atoms with E-state index in [4.69, 9.17) is 0 Å². The van der Waals surface area contributed by atoms with Crippen LogP contribution in [0.25, 0.3) is 0 Å². The van der Waals surface area contributed by atoms with Crippen molar-refractivity contribution < 1.29 is 0 Å². The minimum Gasteiger partial charge on any atom is -0.306 e. The van der Waals surface area contributed by atoms with Crippen molar-refractivity contribution in [2.75, 3.05) is 186 Å². The Kier molecular flexibility index (Phi) is 26.0. The van der Waals surface area contributed by atoms with E-state index in [-0.39, 0.29) is 0 Å². The molecule has 0 radical (unpaired) electrons. The zero-order valence-corrected chi connectivity index (χ0v) is 59.7. The first-order valence-electron chi connectivity index (χ1n) is 36.2. The maximum Gasteiger partial charge on any atom is 0.0358 e. The molecule has 0 aromatic carbocycles. The molecule has 12 aliphatic rings. The first kappa shape index (κ1) is 71.0. The molecule has 492 valence electrons. The smallest absolute Gasteiger partial charge is 0.0358 e. The molecule has 84 heavy (non-hydrogen) atoms. The molecule has 2 unspecified atom stereocenters. The minimum atomic E-state index is 0.370. The Hall–Kier alpha value is -0.480. The molecule has 12 heterocycles. The van der Waals surface area contributed by atoms with Gasteiger partial charge in [-0.05, 0) is 356 Å². The monoisotopic (exact) mass is 1180 g/mol. The van der Waals surface area contributed by atoms with Gasteiger partial charge in [-0.2, -0.15) is 0 Å². The average Bonchev–Trinajstić information content (AvgIpc) is 3.75. The lowest BCUT2D eigenvalue weighted by atomic mass is 9.71. The summed E-state index contributed by atoms with van der Waals surface area (Å²) >= 11 is 0. The van der Waals surface area contributed by atoms with Crippen LogP contribution >= 0.6 is 0 Å². The predicted molar refractivity (Wildman–Crippen MR) is 363 cm³/mol. The van der Waals surface area contributed by atoms with E-state index in [0.717, 1.165) is 35.6 Å². The second-order valence-electron chi connectivity index (χ2n) is 34.0. The minimum absolute atomic E-state index is 0.370. The molecule has 0 bridgehead atoms. The van der Waals surface area contributed by atoms with Gasteiger partial charge in [0.2, 0.25) is 0 Å². The van der Waals surface area contributed by atoms with Crippen LogP contribution in [-0.4, -0.2) is 292 Å². The second-order valence-corrected chi connectivity index (χ2v) is 34.0. The molecule has 0 aromatic heterocycles. The van der Waals surface area contributed by atoms with Crippen molar-refractivity contribution in [3.05, 3.63) is 0 Å². The lowest BCUT2D eigenvalue weighted by Gasteiger charge is -2.48. The summed E-state index contributed by atoms with van der Waals surface area (Å²) < 4.78 is 0. The Morgan fingerprint density at radius 1 is 0.250 bits per heavy atom. The zero-order chi connectivity index (χ0) is 61.3. The van der Waals surface area contributed by atoms with E-state index in [1.54, 1.807) is 0 Å². The third-order valence-electron chi connectivity index (χ3n) is 25.1. The molecular formula is C72H144N12. The van der Waals surface area contributed by atoms with Crippen LogP contribution in [-0.2, 0) is 0 Å². The van der Waals surface area contributed by atoms with E-state index in [1.807, 2.05) is 0 Å². The van der Waals surface area contributed by atoms with E-state index >= 15 is 0 Å². The number of rotatable bonds is 5. The van der Waals surface area contributed by atoms with Gasteiger partial charge in [0.05, 0.1) is 0 Å². The van der Waals surface area contributed by atoms with Gasteiger partial charge in [-0.15, -0.1) is 0 Å². The highest BCUT2D eigenvalue weighted by atomic mass is 15.4. The first-order valence-corrected chi connectivity index (χ1v) is 36.2. The highest BCUT2D eigenvalue weighted by Gasteiger charge is 2.51. The molecule has 12 saturated heterocycles. The Bertz CT molecular complexity index is 1870. The summed E-state index contributed by atoms with van der Waals surface area (Å²) in [5.74, 6) is 0. The third kappa shape index (κ3) is 19.5. The number of nitrogens with zero attached hydrogens (tertiary/aromatic N) is 12. The summed E-state index contributed by atoms with van der Waals surface area (Å²) in [4.78, 5) is 30.9. The van der Waals surface area contributed by atoms with Gasteiger partial charge in [0.25, 0.3) is 0 Å². The summed E-state index contributed by atoms with van der Waals surface area (Å²) in [6, 6.07) is 3.69. The molecule has 6 spiro atoms. The standard InChI is InChI=1S/3C13H26N2.C12H24N2.C11H22N2.C10H20N2/c1-12(2)15-10-6-13(7-11-15)4-8-14(3)9-5-13;1-12(2)15-8-4-5-13(11-15)6-9-14(3)10-7-13;1-12(2)15-9-6-13(7-10-15)5-4-8-14(3)11-13;1-11(2)14-9-5-7-12(10-14)6-4-8-13(12)3;1-10(2,3)13-7-5-11(6-8-13)9-12(11)4;1-9(2)12-5-4-10(8-12)6-11(3)7-10/h3*12H,4-11H2,1-3H3;11H,4-10H2,1-3H3;5-9H2,1-4H3;9H,4-8H2,1-3H3. The van der Waals surface area contributed by atoms with Gasteiger partial charge in [-0.3, -0.25) is 19.6 Å². The number of hydrogen-bond donors (Lipinski definition) is 0. The lowest BCUT2D eigenvalue weighted by molar-refractivity contribution is 0.0178. The van der Waals surface area contributed by atoms with Crippen LogP contribution in [0.5, 0.6) is 0 Å². The van der Waals surface area contributed by atoms with Crippen LogP contribution in [0.3, 0.4) is 0 Å². The van der Waals surface area contributed by atoms with Crippen molar-refractivity contribution in [2.24, 2.45) is 21.7 Å². The molecule has 12 nitrogen and oxygen atoms in total. The van der Waals surface area contributed by atoms with Crippen molar-refractivity contribution >= 4 is 0 Å². The van der Waals surface area contributed by atoms with Gasteiger partial charge in [-0.25, -0.2) is 0 Å². The maximum atomic E-state index is 2.69. The molecule has 12 heteroatoms. The molecule has 0 aromatic rings. The van der Waals surface area contributed by atoms with Gasteiger partial charge in [0, 0.05) is 111 Å². The van der Waals surface area contributed by atoms with Crippen molar-refractivity contribution in [1.82, 2.24) is 58.8 Å². The van der Waals surface area contributed by atoms with Crippen molar-refractivity contribution in [1.29, 1.82) is 0 Å². The van der Waals surface area contributed by atoms with E-state index in [0.29, 0.717) is 32.9 Å². The van der Waals surface area contributed by atoms with Crippen molar-refractivity contribution in [2.45, 2.75) is 259 Å². The number of hydrogen-bond acceptors (Lipinski definition) is 12. The summed E-state index contributed by atoms with van der Waals surface area (Å²) in [7, 11) is 13.6. The third-order valence-corrected chi connectivity index (χ3v) is 25.1. The van der Waals surface area contributed by atoms with Crippen LogP contribution in [0.15, 0.2) is 0 Å². The molecule has 0 N–H and O–H groups in total. The summed E-state index contributed by atoms with van der Waals surface area (Å²) in [5.41, 5.74) is 4.31. The molecule has 0 saturated carbocycles. The van der Waals surface area contributed by atoms with Gasteiger partial charge in [0.1, 0.15) is 0 Å². The van der Waals surface area contributed by atoms with Crippen LogP contribution in [0.4, 0.5) is 0 Å². The number of piperidine rings is 8. The molecule has 12 rings (SSSR count). The van der Waals surface area contributed by atoms with Crippen LogP contribution < -0.4 is 0 Å². The molecule has 12 fully saturated rings. The Labute approximate surface area is 523 Å². The van der Waals surface area contributed by atoms with Gasteiger partial charge >= 0.3 is 0 Å². The summed E-state index contributed by atoms with van der Waals surface area (Å²) in [6.07, 6.45) is 27.1. The quantitative estimate of drug-likeness (QED) is 0.246. The SMILES string of the molecule is CC(C)N1CCC2(CCCN(C)C2)CC1.CC(C)N1CCC2(CCN(C)CC2)CC1.CC(C)N1CCC2(CN(C)C2)C1.CC(C)N1CCCC2(CCCN2C)C1.CC(C)N1CCCC2(CCN(C)CC2)C1.CN1CC12CCN(C(C)(C)C)CC2. The molecule has 12 aliphatic heterocycles. The second kappa shape index (κ2) is 30.8. The first-order chi connectivity index (χ1) is 39.5. The predicted octanol–water partition coefficient (Wildman–Crippen LogP) is 11.2. The Morgan fingerprint density at radius 3 is 1.00 bits per heavy atom.